The molecule has 0 radical (unpaired) electrons. The molecule has 0 aliphatic rings. The van der Waals surface area contributed by atoms with Crippen molar-refractivity contribution in [1.29, 1.82) is 0 Å². The summed E-state index contributed by atoms with van der Waals surface area (Å²) in [5, 5.41) is 13.1. The molecule has 1 heterocycles. The first-order chi connectivity index (χ1) is 10.1. The Morgan fingerprint density at radius 1 is 1.33 bits per heavy atom. The van der Waals surface area contributed by atoms with Gasteiger partial charge >= 0.3 is 0 Å². The maximum atomic E-state index is 13.3. The molecule has 1 aromatic carbocycles. The van der Waals surface area contributed by atoms with Crippen molar-refractivity contribution in [3.63, 3.8) is 0 Å². The minimum Gasteiger partial charge on any atom is -0.396 e. The second-order valence-corrected chi connectivity index (χ2v) is 5.14. The Kier molecular flexibility index (Phi) is 5.27. The molecule has 0 aliphatic carbocycles. The van der Waals surface area contributed by atoms with E-state index >= 15 is 0 Å². The Morgan fingerprint density at radius 2 is 2.14 bits per heavy atom. The minimum atomic E-state index is -0.351. The maximum Gasteiger partial charge on any atom is 0.222 e. The van der Waals surface area contributed by atoms with Crippen LogP contribution in [0.3, 0.4) is 0 Å². The average Bonchev–Trinajstić information content (AvgIpc) is 2.44. The topological polar surface area (TPSA) is 84.1 Å². The van der Waals surface area contributed by atoms with Crippen molar-refractivity contribution in [3.8, 4) is 0 Å². The van der Waals surface area contributed by atoms with E-state index in [0.717, 1.165) is 24.6 Å². The number of nitrogens with zero attached hydrogens (tertiary/aromatic N) is 2. The van der Waals surface area contributed by atoms with Crippen LogP contribution in [0.2, 0.25) is 0 Å². The molecule has 1 unspecified atom stereocenters. The highest BCUT2D eigenvalue weighted by Crippen LogP contribution is 2.23. The number of aliphatic hydroxyl groups excluding tert-OH is 1. The molecule has 0 bridgehead atoms. The summed E-state index contributed by atoms with van der Waals surface area (Å²) in [6.07, 6.45) is 2.83. The van der Waals surface area contributed by atoms with Crippen molar-refractivity contribution in [2.24, 2.45) is 5.92 Å². The van der Waals surface area contributed by atoms with Crippen molar-refractivity contribution in [3.05, 3.63) is 24.0 Å². The highest BCUT2D eigenvalue weighted by molar-refractivity contribution is 5.89. The number of rotatable bonds is 7. The molecular weight excluding hydrogens is 271 g/mol. The number of halogens is 1. The van der Waals surface area contributed by atoms with Gasteiger partial charge in [0.1, 0.15) is 11.6 Å². The number of nitrogen functional groups attached to an aromatic ring is 1. The van der Waals surface area contributed by atoms with Crippen LogP contribution in [0.4, 0.5) is 16.2 Å². The molecule has 0 aliphatic heterocycles. The smallest absolute Gasteiger partial charge is 0.222 e. The highest BCUT2D eigenvalue weighted by atomic mass is 19.1. The number of hydrogen-bond acceptors (Lipinski definition) is 5. The second kappa shape index (κ2) is 7.17. The third-order valence-electron chi connectivity index (χ3n) is 3.47. The van der Waals surface area contributed by atoms with Crippen LogP contribution < -0.4 is 11.1 Å². The normalized spacial score (nSPS) is 12.5. The Labute approximate surface area is 123 Å². The van der Waals surface area contributed by atoms with Gasteiger partial charge in [0.25, 0.3) is 0 Å². The summed E-state index contributed by atoms with van der Waals surface area (Å²) < 4.78 is 13.3. The quantitative estimate of drug-likeness (QED) is 0.730. The summed E-state index contributed by atoms with van der Waals surface area (Å²) in [5.41, 5.74) is 6.16. The van der Waals surface area contributed by atoms with Crippen molar-refractivity contribution >= 4 is 22.7 Å². The van der Waals surface area contributed by atoms with Crippen molar-refractivity contribution in [1.82, 2.24) is 9.97 Å². The van der Waals surface area contributed by atoms with E-state index in [2.05, 4.69) is 22.2 Å². The van der Waals surface area contributed by atoms with E-state index in [-0.39, 0.29) is 18.4 Å². The van der Waals surface area contributed by atoms with Gasteiger partial charge in [-0.15, -0.1) is 0 Å². The Hall–Kier alpha value is -1.95. The first-order valence-electron chi connectivity index (χ1n) is 7.21. The van der Waals surface area contributed by atoms with E-state index < -0.39 is 0 Å². The van der Waals surface area contributed by atoms with Crippen LogP contribution >= 0.6 is 0 Å². The fourth-order valence-electron chi connectivity index (χ4n) is 2.44. The van der Waals surface area contributed by atoms with Crippen LogP contribution in [0.5, 0.6) is 0 Å². The van der Waals surface area contributed by atoms with E-state index in [1.807, 2.05) is 0 Å². The SMILES string of the molecule is CCCC(CCO)CNc1nc(N)nc2cc(F)ccc12. The third-order valence-corrected chi connectivity index (χ3v) is 3.47. The van der Waals surface area contributed by atoms with E-state index in [0.29, 0.717) is 23.8 Å². The molecule has 1 aromatic heterocycles. The van der Waals surface area contributed by atoms with Crippen LogP contribution in [0.25, 0.3) is 10.9 Å². The third kappa shape index (κ3) is 4.01. The number of fused-ring (bicyclic) bond motifs is 1. The number of nitrogens with two attached hydrogens (primary N) is 1. The van der Waals surface area contributed by atoms with Gasteiger partial charge in [0.05, 0.1) is 5.52 Å². The van der Waals surface area contributed by atoms with Gasteiger partial charge in [0.2, 0.25) is 5.95 Å². The average molecular weight is 292 g/mol. The van der Waals surface area contributed by atoms with Gasteiger partial charge in [-0.25, -0.2) is 9.37 Å². The van der Waals surface area contributed by atoms with E-state index in [9.17, 15) is 4.39 Å². The summed E-state index contributed by atoms with van der Waals surface area (Å²) in [7, 11) is 0. The zero-order valence-corrected chi connectivity index (χ0v) is 12.1. The van der Waals surface area contributed by atoms with Crippen LogP contribution in [-0.4, -0.2) is 28.2 Å². The lowest BCUT2D eigenvalue weighted by molar-refractivity contribution is 0.255. The van der Waals surface area contributed by atoms with Crippen LogP contribution in [0.1, 0.15) is 26.2 Å². The van der Waals surface area contributed by atoms with Gasteiger partial charge in [0.15, 0.2) is 0 Å². The fraction of sp³-hybridized carbons (Fsp3) is 0.467. The Morgan fingerprint density at radius 3 is 2.86 bits per heavy atom. The molecule has 6 heteroatoms. The molecule has 0 saturated heterocycles. The summed E-state index contributed by atoms with van der Waals surface area (Å²) in [6.45, 7) is 2.98. The van der Waals surface area contributed by atoms with Gasteiger partial charge < -0.3 is 16.2 Å². The summed E-state index contributed by atoms with van der Waals surface area (Å²) in [5.74, 6) is 0.740. The number of hydrogen-bond donors (Lipinski definition) is 3. The molecular formula is C15H21FN4O. The zero-order valence-electron chi connectivity index (χ0n) is 12.1. The molecule has 21 heavy (non-hydrogen) atoms. The van der Waals surface area contributed by atoms with Crippen molar-refractivity contribution < 1.29 is 9.50 Å². The number of aliphatic hydroxyl groups is 1. The molecule has 2 rings (SSSR count). The molecule has 0 amide bonds. The highest BCUT2D eigenvalue weighted by Gasteiger charge is 2.11. The molecule has 2 aromatic rings. The van der Waals surface area contributed by atoms with Crippen molar-refractivity contribution in [2.45, 2.75) is 26.2 Å². The molecule has 1 atom stereocenters. The van der Waals surface area contributed by atoms with E-state index in [1.54, 1.807) is 6.07 Å². The predicted molar refractivity (Wildman–Crippen MR) is 82.5 cm³/mol. The second-order valence-electron chi connectivity index (χ2n) is 5.14. The van der Waals surface area contributed by atoms with E-state index in [1.165, 1.54) is 12.1 Å². The number of aromatic nitrogens is 2. The zero-order chi connectivity index (χ0) is 15.2. The largest absolute Gasteiger partial charge is 0.396 e. The number of benzene rings is 1. The van der Waals surface area contributed by atoms with Gasteiger partial charge in [-0.05, 0) is 30.9 Å². The predicted octanol–water partition coefficient (Wildman–Crippen LogP) is 2.56. The molecule has 0 fully saturated rings. The minimum absolute atomic E-state index is 0.116. The van der Waals surface area contributed by atoms with E-state index in [4.69, 9.17) is 10.8 Å². The van der Waals surface area contributed by atoms with Gasteiger partial charge in [0, 0.05) is 24.6 Å². The van der Waals surface area contributed by atoms with Gasteiger partial charge in [-0.1, -0.05) is 13.3 Å². The molecule has 0 spiro atoms. The first kappa shape index (κ1) is 15.4. The van der Waals surface area contributed by atoms with Crippen LogP contribution in [-0.2, 0) is 0 Å². The lowest BCUT2D eigenvalue weighted by atomic mass is 10.0. The van der Waals surface area contributed by atoms with Gasteiger partial charge in [-0.3, -0.25) is 0 Å². The molecule has 0 saturated carbocycles. The Bertz CT molecular complexity index is 594. The lowest BCUT2D eigenvalue weighted by Crippen LogP contribution is -2.17. The lowest BCUT2D eigenvalue weighted by Gasteiger charge is -2.17. The maximum absolute atomic E-state index is 13.3. The van der Waals surface area contributed by atoms with Crippen molar-refractivity contribution in [2.75, 3.05) is 24.2 Å². The Balaban J connectivity index is 2.21. The molecule has 114 valence electrons. The van der Waals surface area contributed by atoms with Gasteiger partial charge in [-0.2, -0.15) is 4.98 Å². The molecule has 5 nitrogen and oxygen atoms in total. The summed E-state index contributed by atoms with van der Waals surface area (Å²) in [6, 6.07) is 4.37. The fourth-order valence-corrected chi connectivity index (χ4v) is 2.44. The van der Waals surface area contributed by atoms with Crippen LogP contribution in [0.15, 0.2) is 18.2 Å². The molecule has 4 N–H and O–H groups in total. The number of anilines is 2. The number of nitrogens with one attached hydrogen (secondary N) is 1. The standard InChI is InChI=1S/C15H21FN4O/c1-2-3-10(6-7-21)9-18-14-12-5-4-11(16)8-13(12)19-15(17)20-14/h4-5,8,10,21H,2-3,6-7,9H2,1H3,(H3,17,18,19,20). The summed E-state index contributed by atoms with van der Waals surface area (Å²) in [4.78, 5) is 8.24. The first-order valence-corrected chi connectivity index (χ1v) is 7.21. The monoisotopic (exact) mass is 292 g/mol. The summed E-state index contributed by atoms with van der Waals surface area (Å²) >= 11 is 0. The van der Waals surface area contributed by atoms with Crippen LogP contribution in [0, 0.1) is 11.7 Å².